The summed E-state index contributed by atoms with van der Waals surface area (Å²) in [6.45, 7) is 7.43. The van der Waals surface area contributed by atoms with Crippen molar-refractivity contribution in [2.24, 2.45) is 0 Å². The maximum atomic E-state index is 13.6. The maximum Gasteiger partial charge on any atom is 0.343 e. The van der Waals surface area contributed by atoms with E-state index in [1.54, 1.807) is 23.8 Å². The highest BCUT2D eigenvalue weighted by Crippen LogP contribution is 2.38. The number of ether oxygens (including phenoxy) is 3. The number of likely N-dealkylation sites (N-methyl/N-ethyl adjacent to an activating group) is 1. The van der Waals surface area contributed by atoms with Gasteiger partial charge in [0, 0.05) is 61.5 Å². The molecule has 1 saturated heterocycles. The van der Waals surface area contributed by atoms with Gasteiger partial charge in [0.2, 0.25) is 0 Å². The van der Waals surface area contributed by atoms with E-state index in [1.165, 1.54) is 0 Å². The number of carbonyl (C=O) groups is 1. The van der Waals surface area contributed by atoms with Crippen LogP contribution < -0.4 is 15.0 Å². The first-order chi connectivity index (χ1) is 18.8. The molecule has 1 aromatic carbocycles. The average Bonchev–Trinajstić information content (AvgIpc) is 2.94. The third kappa shape index (κ3) is 4.68. The fourth-order valence-electron chi connectivity index (χ4n) is 5.59. The van der Waals surface area contributed by atoms with Gasteiger partial charge in [-0.15, -0.1) is 0 Å². The Kier molecular flexibility index (Phi) is 7.02. The van der Waals surface area contributed by atoms with Crippen LogP contribution in [0.15, 0.2) is 29.2 Å². The molecule has 0 bridgehead atoms. The van der Waals surface area contributed by atoms with Crippen LogP contribution in [0.4, 0.5) is 0 Å². The van der Waals surface area contributed by atoms with E-state index in [0.717, 1.165) is 51.9 Å². The van der Waals surface area contributed by atoms with Gasteiger partial charge >= 0.3 is 5.97 Å². The minimum atomic E-state index is -1.81. The third-order valence-corrected chi connectivity index (χ3v) is 8.92. The SMILES string of the molecule is CC[C@@]1(O)C(=O)OCc2c1ccn(Cc1c(I)nc3cc4c(cc3c1CN1CCN(C)CC1)OCCO4)c2=O. The molecule has 206 valence electrons. The van der Waals surface area contributed by atoms with Crippen LogP contribution in [0.25, 0.3) is 10.9 Å². The predicted octanol–water partition coefficient (Wildman–Crippen LogP) is 2.22. The molecule has 0 spiro atoms. The van der Waals surface area contributed by atoms with E-state index in [4.69, 9.17) is 19.2 Å². The molecule has 11 heteroatoms. The van der Waals surface area contributed by atoms with Gasteiger partial charge in [-0.2, -0.15) is 0 Å². The topological polar surface area (TPSA) is 106 Å². The summed E-state index contributed by atoms with van der Waals surface area (Å²) in [6, 6.07) is 5.62. The van der Waals surface area contributed by atoms with E-state index >= 15 is 0 Å². The molecule has 10 nitrogen and oxygen atoms in total. The van der Waals surface area contributed by atoms with Crippen molar-refractivity contribution in [3.05, 3.63) is 60.7 Å². The van der Waals surface area contributed by atoms with E-state index in [-0.39, 0.29) is 18.6 Å². The number of benzene rings is 1. The smallest absolute Gasteiger partial charge is 0.343 e. The van der Waals surface area contributed by atoms with E-state index in [2.05, 4.69) is 39.4 Å². The average molecular weight is 646 g/mol. The Morgan fingerprint density at radius 3 is 2.46 bits per heavy atom. The van der Waals surface area contributed by atoms with Crippen LogP contribution >= 0.6 is 22.6 Å². The lowest BCUT2D eigenvalue weighted by Crippen LogP contribution is -2.44. The van der Waals surface area contributed by atoms with Gasteiger partial charge in [0.15, 0.2) is 17.1 Å². The second-order valence-electron chi connectivity index (χ2n) is 10.4. The van der Waals surface area contributed by atoms with Gasteiger partial charge in [-0.05, 0) is 53.8 Å². The summed E-state index contributed by atoms with van der Waals surface area (Å²) < 4.78 is 19.4. The van der Waals surface area contributed by atoms with Gasteiger partial charge in [0.25, 0.3) is 5.56 Å². The summed E-state index contributed by atoms with van der Waals surface area (Å²) in [5.41, 5.74) is 1.44. The van der Waals surface area contributed by atoms with E-state index in [1.807, 2.05) is 12.1 Å². The Labute approximate surface area is 239 Å². The molecule has 0 radical (unpaired) electrons. The number of pyridine rings is 2. The first kappa shape index (κ1) is 26.5. The number of rotatable bonds is 5. The second kappa shape index (κ2) is 10.3. The number of nitrogens with zero attached hydrogens (tertiary/aromatic N) is 4. The van der Waals surface area contributed by atoms with Crippen molar-refractivity contribution in [3.63, 3.8) is 0 Å². The number of fused-ring (bicyclic) bond motifs is 3. The van der Waals surface area contributed by atoms with Crippen LogP contribution in [0.1, 0.15) is 35.6 Å². The monoisotopic (exact) mass is 646 g/mol. The first-order valence-corrected chi connectivity index (χ1v) is 14.3. The molecule has 39 heavy (non-hydrogen) atoms. The molecule has 1 atom stereocenters. The molecule has 0 unspecified atom stereocenters. The number of hydrogen-bond donors (Lipinski definition) is 1. The van der Waals surface area contributed by atoms with Gasteiger partial charge in [-0.3, -0.25) is 9.69 Å². The molecular formula is C28H31IN4O6. The third-order valence-electron chi connectivity index (χ3n) is 8.03. The number of esters is 1. The van der Waals surface area contributed by atoms with Crippen molar-refractivity contribution in [1.82, 2.24) is 19.4 Å². The molecular weight excluding hydrogens is 615 g/mol. The Balaban J connectivity index is 1.46. The van der Waals surface area contributed by atoms with Gasteiger partial charge in [-0.1, -0.05) is 6.92 Å². The first-order valence-electron chi connectivity index (χ1n) is 13.2. The Bertz CT molecular complexity index is 1520. The molecule has 5 heterocycles. The van der Waals surface area contributed by atoms with E-state index < -0.39 is 11.6 Å². The molecule has 6 rings (SSSR count). The highest BCUT2D eigenvalue weighted by atomic mass is 127. The fourth-order valence-corrected chi connectivity index (χ4v) is 6.34. The Hall–Kier alpha value is -2.74. The van der Waals surface area contributed by atoms with Gasteiger partial charge in [0.1, 0.15) is 23.5 Å². The lowest BCUT2D eigenvalue weighted by Gasteiger charge is -2.33. The largest absolute Gasteiger partial charge is 0.486 e. The van der Waals surface area contributed by atoms with Crippen LogP contribution in [-0.4, -0.2) is 76.9 Å². The van der Waals surface area contributed by atoms with Crippen LogP contribution in [-0.2, 0) is 34.8 Å². The molecule has 2 aromatic heterocycles. The molecule has 0 aliphatic carbocycles. The zero-order chi connectivity index (χ0) is 27.3. The normalized spacial score (nSPS) is 21.6. The van der Waals surface area contributed by atoms with Crippen molar-refractivity contribution in [2.75, 3.05) is 46.4 Å². The minimum absolute atomic E-state index is 0.125. The summed E-state index contributed by atoms with van der Waals surface area (Å²) >= 11 is 2.25. The summed E-state index contributed by atoms with van der Waals surface area (Å²) in [6.07, 6.45) is 1.78. The van der Waals surface area contributed by atoms with Gasteiger partial charge < -0.3 is 28.8 Å². The molecule has 1 N–H and O–H groups in total. The van der Waals surface area contributed by atoms with Gasteiger partial charge in [-0.25, -0.2) is 9.78 Å². The quantitative estimate of drug-likeness (QED) is 0.254. The van der Waals surface area contributed by atoms with Crippen molar-refractivity contribution >= 4 is 39.5 Å². The molecule has 3 aromatic rings. The Morgan fingerprint density at radius 2 is 1.74 bits per heavy atom. The van der Waals surface area contributed by atoms with Crippen LogP contribution in [0.3, 0.4) is 0 Å². The van der Waals surface area contributed by atoms with Crippen molar-refractivity contribution in [3.8, 4) is 11.5 Å². The predicted molar refractivity (Wildman–Crippen MR) is 152 cm³/mol. The standard InChI is InChI=1S/C28H31IN4O6/c1-3-28(36)21-4-5-33(26(34)20(21)16-39-27(28)35)15-19-18(14-32-8-6-31(2)7-9-32)17-12-23-24(38-11-10-37-23)13-22(17)30-25(19)29/h4-5,12-13,36H,3,6-11,14-16H2,1-2H3/t28-/m0/s1. The summed E-state index contributed by atoms with van der Waals surface area (Å²) in [7, 11) is 2.14. The molecule has 3 aliphatic rings. The van der Waals surface area contributed by atoms with E-state index in [9.17, 15) is 14.7 Å². The number of piperazine rings is 1. The number of halogens is 1. The summed E-state index contributed by atoms with van der Waals surface area (Å²) in [4.78, 5) is 35.6. The number of cyclic esters (lactones) is 1. The zero-order valence-electron chi connectivity index (χ0n) is 22.0. The second-order valence-corrected chi connectivity index (χ2v) is 11.4. The number of aliphatic hydroxyl groups is 1. The van der Waals surface area contributed by atoms with Gasteiger partial charge in [0.05, 0.1) is 17.6 Å². The minimum Gasteiger partial charge on any atom is -0.486 e. The summed E-state index contributed by atoms with van der Waals surface area (Å²) in [5, 5.41) is 11.9. The number of hydrogen-bond acceptors (Lipinski definition) is 9. The number of carbonyl (C=O) groups excluding carboxylic acids is 1. The molecule has 0 saturated carbocycles. The zero-order valence-corrected chi connectivity index (χ0v) is 24.2. The lowest BCUT2D eigenvalue weighted by molar-refractivity contribution is -0.172. The summed E-state index contributed by atoms with van der Waals surface area (Å²) in [5.74, 6) is 0.681. The highest BCUT2D eigenvalue weighted by Gasteiger charge is 2.44. The molecule has 0 amide bonds. The van der Waals surface area contributed by atoms with Crippen molar-refractivity contribution in [2.45, 2.75) is 38.6 Å². The van der Waals surface area contributed by atoms with Crippen molar-refractivity contribution in [1.29, 1.82) is 0 Å². The van der Waals surface area contributed by atoms with Crippen LogP contribution in [0, 0.1) is 3.70 Å². The van der Waals surface area contributed by atoms with E-state index in [0.29, 0.717) is 48.9 Å². The van der Waals surface area contributed by atoms with Crippen molar-refractivity contribution < 1.29 is 24.1 Å². The van der Waals surface area contributed by atoms with Crippen LogP contribution in [0.5, 0.6) is 11.5 Å². The van der Waals surface area contributed by atoms with Crippen LogP contribution in [0.2, 0.25) is 0 Å². The fraction of sp³-hybridized carbons (Fsp3) is 0.464. The lowest BCUT2D eigenvalue weighted by atomic mass is 9.87. The maximum absolute atomic E-state index is 13.6. The Morgan fingerprint density at radius 1 is 1.03 bits per heavy atom. The number of aromatic nitrogens is 2. The molecule has 1 fully saturated rings. The molecule has 3 aliphatic heterocycles. The highest BCUT2D eigenvalue weighted by molar-refractivity contribution is 14.1.